The quantitative estimate of drug-likeness (QED) is 0.437. The maximum absolute atomic E-state index is 13.8. The number of hydrogen-bond acceptors (Lipinski definition) is 3. The molecule has 2 aromatic heterocycles. The van der Waals surface area contributed by atoms with Crippen molar-refractivity contribution in [3.8, 4) is 16.9 Å². The van der Waals surface area contributed by atoms with Crippen LogP contribution in [0.1, 0.15) is 39.9 Å². The average molecular weight is 428 g/mol. The van der Waals surface area contributed by atoms with Gasteiger partial charge in [0, 0.05) is 37.0 Å². The van der Waals surface area contributed by atoms with Crippen molar-refractivity contribution in [1.29, 1.82) is 0 Å². The first kappa shape index (κ1) is 21.6. The second-order valence-corrected chi connectivity index (χ2v) is 8.05. The first-order chi connectivity index (χ1) is 15.4. The summed E-state index contributed by atoms with van der Waals surface area (Å²) in [4.78, 5) is 15.5. The molecule has 0 aliphatic carbocycles. The van der Waals surface area contributed by atoms with Crippen molar-refractivity contribution in [2.75, 3.05) is 7.05 Å². The Bertz CT molecular complexity index is 1240. The molecule has 32 heavy (non-hydrogen) atoms. The summed E-state index contributed by atoms with van der Waals surface area (Å²) in [5.41, 5.74) is 7.16. The minimum Gasteiger partial charge on any atom is -0.337 e. The Morgan fingerprint density at radius 2 is 1.53 bits per heavy atom. The number of carbonyl (C=O) groups excluding carboxylic acids is 1. The lowest BCUT2D eigenvalue weighted by molar-refractivity contribution is 0.0784. The zero-order valence-corrected chi connectivity index (χ0v) is 19.3. The Morgan fingerprint density at radius 1 is 0.906 bits per heavy atom. The van der Waals surface area contributed by atoms with E-state index in [4.69, 9.17) is 5.10 Å². The third-order valence-corrected chi connectivity index (χ3v) is 5.95. The Labute approximate surface area is 189 Å². The van der Waals surface area contributed by atoms with E-state index in [0.29, 0.717) is 17.8 Å². The molecule has 0 radical (unpaired) electrons. The largest absolute Gasteiger partial charge is 0.337 e. The summed E-state index contributed by atoms with van der Waals surface area (Å²) in [6.07, 6.45) is 0. The highest BCUT2D eigenvalue weighted by molar-refractivity contribution is 6.01. The van der Waals surface area contributed by atoms with Crippen LogP contribution in [0.3, 0.4) is 0 Å². The Hall–Kier alpha value is -3.67. The van der Waals surface area contributed by atoms with Gasteiger partial charge in [-0.3, -0.25) is 9.48 Å². The SMILES string of the molecule is CCn1nc(C)c(CN(C)C(=O)c2c(-c3ccccc3)nn(-c3ccccc3)c2C)c1C. The van der Waals surface area contributed by atoms with Gasteiger partial charge in [0.1, 0.15) is 5.69 Å². The fraction of sp³-hybridized carbons (Fsp3) is 0.269. The minimum atomic E-state index is -0.0495. The predicted molar refractivity (Wildman–Crippen MR) is 127 cm³/mol. The van der Waals surface area contributed by atoms with Gasteiger partial charge in [0.2, 0.25) is 0 Å². The summed E-state index contributed by atoms with van der Waals surface area (Å²) >= 11 is 0. The highest BCUT2D eigenvalue weighted by Gasteiger charge is 2.26. The van der Waals surface area contributed by atoms with Crippen molar-refractivity contribution in [3.05, 3.63) is 88.9 Å². The second-order valence-electron chi connectivity index (χ2n) is 8.05. The highest BCUT2D eigenvalue weighted by atomic mass is 16.2. The number of rotatable bonds is 6. The molecule has 1 amide bonds. The van der Waals surface area contributed by atoms with Crippen molar-refractivity contribution in [3.63, 3.8) is 0 Å². The van der Waals surface area contributed by atoms with E-state index in [2.05, 4.69) is 18.9 Å². The molecule has 6 heteroatoms. The van der Waals surface area contributed by atoms with Crippen LogP contribution in [0.5, 0.6) is 0 Å². The van der Waals surface area contributed by atoms with Gasteiger partial charge >= 0.3 is 0 Å². The van der Waals surface area contributed by atoms with Crippen LogP contribution < -0.4 is 0 Å². The number of carbonyl (C=O) groups is 1. The van der Waals surface area contributed by atoms with E-state index in [1.54, 1.807) is 4.90 Å². The van der Waals surface area contributed by atoms with Crippen LogP contribution >= 0.6 is 0 Å². The normalized spacial score (nSPS) is 11.0. The Kier molecular flexibility index (Phi) is 5.95. The molecule has 0 atom stereocenters. The van der Waals surface area contributed by atoms with E-state index in [9.17, 15) is 4.79 Å². The van der Waals surface area contributed by atoms with Crippen molar-refractivity contribution in [1.82, 2.24) is 24.5 Å². The van der Waals surface area contributed by atoms with Crippen LogP contribution in [0, 0.1) is 20.8 Å². The van der Waals surface area contributed by atoms with Crippen LogP contribution in [-0.2, 0) is 13.1 Å². The molecular formula is C26H29N5O. The predicted octanol–water partition coefficient (Wildman–Crippen LogP) is 4.95. The zero-order chi connectivity index (χ0) is 22.8. The van der Waals surface area contributed by atoms with E-state index in [0.717, 1.165) is 40.4 Å². The number of benzene rings is 2. The van der Waals surface area contributed by atoms with Gasteiger partial charge in [-0.15, -0.1) is 0 Å². The van der Waals surface area contributed by atoms with Crippen molar-refractivity contribution in [2.24, 2.45) is 0 Å². The molecule has 0 aliphatic rings. The summed E-state index contributed by atoms with van der Waals surface area (Å²) in [5.74, 6) is -0.0495. The topological polar surface area (TPSA) is 56.0 Å². The van der Waals surface area contributed by atoms with Gasteiger partial charge < -0.3 is 4.90 Å². The monoisotopic (exact) mass is 427 g/mol. The lowest BCUT2D eigenvalue weighted by atomic mass is 10.0. The molecule has 2 aromatic carbocycles. The molecule has 4 rings (SSSR count). The average Bonchev–Trinajstić information content (AvgIpc) is 3.30. The standard InChI is InChI=1S/C26H29N5O/c1-6-30-19(3)23(18(2)27-30)17-29(5)26(32)24-20(4)31(22-15-11-8-12-16-22)28-25(24)21-13-9-7-10-14-21/h7-16H,6,17H2,1-5H3. The fourth-order valence-corrected chi connectivity index (χ4v) is 4.15. The van der Waals surface area contributed by atoms with E-state index >= 15 is 0 Å². The summed E-state index contributed by atoms with van der Waals surface area (Å²) in [6.45, 7) is 9.41. The lowest BCUT2D eigenvalue weighted by Crippen LogP contribution is -2.27. The van der Waals surface area contributed by atoms with Gasteiger partial charge in [0.05, 0.1) is 22.6 Å². The molecule has 4 aromatic rings. The van der Waals surface area contributed by atoms with Crippen molar-refractivity contribution in [2.45, 2.75) is 40.8 Å². The molecule has 0 fully saturated rings. The van der Waals surface area contributed by atoms with E-state index < -0.39 is 0 Å². The highest BCUT2D eigenvalue weighted by Crippen LogP contribution is 2.29. The smallest absolute Gasteiger partial charge is 0.258 e. The van der Waals surface area contributed by atoms with Crippen LogP contribution in [0.2, 0.25) is 0 Å². The molecule has 2 heterocycles. The van der Waals surface area contributed by atoms with Gasteiger partial charge in [-0.1, -0.05) is 48.5 Å². The van der Waals surface area contributed by atoms with Gasteiger partial charge in [-0.2, -0.15) is 10.2 Å². The molecular weight excluding hydrogens is 398 g/mol. The number of aryl methyl sites for hydroxylation is 2. The molecule has 0 unspecified atom stereocenters. The zero-order valence-electron chi connectivity index (χ0n) is 19.3. The van der Waals surface area contributed by atoms with Crippen LogP contribution in [0.15, 0.2) is 60.7 Å². The molecule has 0 bridgehead atoms. The number of amides is 1. The first-order valence-electron chi connectivity index (χ1n) is 10.9. The lowest BCUT2D eigenvalue weighted by Gasteiger charge is -2.18. The number of hydrogen-bond donors (Lipinski definition) is 0. The Morgan fingerprint density at radius 3 is 2.12 bits per heavy atom. The second kappa shape index (κ2) is 8.83. The minimum absolute atomic E-state index is 0.0495. The van der Waals surface area contributed by atoms with Crippen molar-refractivity contribution >= 4 is 5.91 Å². The van der Waals surface area contributed by atoms with Crippen LogP contribution in [0.25, 0.3) is 16.9 Å². The summed E-state index contributed by atoms with van der Waals surface area (Å²) in [6, 6.07) is 19.8. The van der Waals surface area contributed by atoms with Gasteiger partial charge in [0.25, 0.3) is 5.91 Å². The maximum Gasteiger partial charge on any atom is 0.258 e. The Balaban J connectivity index is 1.77. The third-order valence-electron chi connectivity index (χ3n) is 5.95. The summed E-state index contributed by atoms with van der Waals surface area (Å²) < 4.78 is 3.84. The van der Waals surface area contributed by atoms with E-state index in [1.807, 2.05) is 90.9 Å². The number of nitrogens with zero attached hydrogens (tertiary/aromatic N) is 5. The van der Waals surface area contributed by atoms with Gasteiger partial charge in [-0.05, 0) is 39.8 Å². The molecule has 0 N–H and O–H groups in total. The van der Waals surface area contributed by atoms with Gasteiger partial charge in [0.15, 0.2) is 0 Å². The molecule has 0 spiro atoms. The van der Waals surface area contributed by atoms with Crippen LogP contribution in [0.4, 0.5) is 0 Å². The maximum atomic E-state index is 13.8. The molecule has 164 valence electrons. The van der Waals surface area contributed by atoms with E-state index in [1.165, 1.54) is 0 Å². The van der Waals surface area contributed by atoms with E-state index in [-0.39, 0.29) is 5.91 Å². The van der Waals surface area contributed by atoms with Crippen LogP contribution in [-0.4, -0.2) is 37.4 Å². The number of aromatic nitrogens is 4. The first-order valence-corrected chi connectivity index (χ1v) is 10.9. The molecule has 0 aliphatic heterocycles. The summed E-state index contributed by atoms with van der Waals surface area (Å²) in [5, 5.41) is 9.47. The van der Waals surface area contributed by atoms with Crippen molar-refractivity contribution < 1.29 is 4.79 Å². The summed E-state index contributed by atoms with van der Waals surface area (Å²) in [7, 11) is 1.85. The fourth-order valence-electron chi connectivity index (χ4n) is 4.15. The molecule has 0 saturated heterocycles. The third kappa shape index (κ3) is 3.84. The molecule has 6 nitrogen and oxygen atoms in total. The van der Waals surface area contributed by atoms with Gasteiger partial charge in [-0.25, -0.2) is 4.68 Å². The molecule has 0 saturated carbocycles. The number of para-hydroxylation sites is 1.